The van der Waals surface area contributed by atoms with Crippen LogP contribution in [0.15, 0.2) is 35.7 Å². The second kappa shape index (κ2) is 6.70. The normalized spacial score (nSPS) is 18.4. The number of benzene rings is 1. The fourth-order valence-corrected chi connectivity index (χ4v) is 3.21. The molecule has 0 saturated carbocycles. The molecular weight excluding hydrogens is 298 g/mol. The summed E-state index contributed by atoms with van der Waals surface area (Å²) in [4.78, 5) is 28.5. The molecule has 0 spiro atoms. The van der Waals surface area contributed by atoms with Crippen LogP contribution in [-0.2, 0) is 4.79 Å². The lowest BCUT2D eigenvalue weighted by molar-refractivity contribution is -0.122. The van der Waals surface area contributed by atoms with E-state index in [0.29, 0.717) is 18.7 Å². The highest BCUT2D eigenvalue weighted by Gasteiger charge is 2.23. The molecule has 6 heteroatoms. The summed E-state index contributed by atoms with van der Waals surface area (Å²) in [6, 6.07) is 9.27. The largest absolute Gasteiger partial charge is 0.354 e. The number of carbonyl (C=O) groups excluding carboxylic acids is 2. The van der Waals surface area contributed by atoms with Crippen LogP contribution in [0.2, 0.25) is 0 Å². The molecule has 3 rings (SSSR count). The van der Waals surface area contributed by atoms with E-state index in [4.69, 9.17) is 0 Å². The summed E-state index contributed by atoms with van der Waals surface area (Å²) in [5.41, 5.74) is 1.35. The minimum absolute atomic E-state index is 0.107. The molecule has 1 aromatic carbocycles. The van der Waals surface area contributed by atoms with Crippen molar-refractivity contribution in [3.63, 3.8) is 0 Å². The third-order valence-electron chi connectivity index (χ3n) is 3.60. The number of aromatic nitrogens is 1. The smallest absolute Gasteiger partial charge is 0.271 e. The van der Waals surface area contributed by atoms with Crippen molar-refractivity contribution in [3.8, 4) is 10.6 Å². The summed E-state index contributed by atoms with van der Waals surface area (Å²) in [6.07, 6.45) is 2.55. The predicted octanol–water partition coefficient (Wildman–Crippen LogP) is 2.21. The lowest BCUT2D eigenvalue weighted by Gasteiger charge is -2.14. The van der Waals surface area contributed by atoms with Crippen LogP contribution >= 0.6 is 11.3 Å². The van der Waals surface area contributed by atoms with Crippen molar-refractivity contribution in [2.45, 2.75) is 25.3 Å². The van der Waals surface area contributed by atoms with Gasteiger partial charge in [-0.1, -0.05) is 30.3 Å². The Hall–Kier alpha value is -2.21. The Morgan fingerprint density at radius 2 is 2.09 bits per heavy atom. The first-order valence-electron chi connectivity index (χ1n) is 7.33. The number of amides is 2. The molecule has 0 unspecified atom stereocenters. The third kappa shape index (κ3) is 3.33. The number of carbonyl (C=O) groups is 2. The standard InChI is InChI=1S/C16H17N3O2S/c20-14-12(8-4-5-9-17-14)18-15(21)13-10-22-16(19-13)11-6-2-1-3-7-11/h1-3,6-7,10,12H,4-5,8-9H2,(H,17,20)(H,18,21)/t12-/m0/s1. The molecule has 2 heterocycles. The van der Waals surface area contributed by atoms with Crippen LogP contribution in [0.1, 0.15) is 29.8 Å². The average molecular weight is 315 g/mol. The van der Waals surface area contributed by atoms with Crippen LogP contribution in [0.5, 0.6) is 0 Å². The maximum Gasteiger partial charge on any atom is 0.271 e. The SMILES string of the molecule is O=C(N[C@H]1CCCCNC1=O)c1csc(-c2ccccc2)n1. The molecule has 2 N–H and O–H groups in total. The van der Waals surface area contributed by atoms with Crippen molar-refractivity contribution in [1.82, 2.24) is 15.6 Å². The van der Waals surface area contributed by atoms with Gasteiger partial charge in [-0.25, -0.2) is 4.98 Å². The first-order valence-corrected chi connectivity index (χ1v) is 8.21. The van der Waals surface area contributed by atoms with Crippen molar-refractivity contribution < 1.29 is 9.59 Å². The summed E-state index contributed by atoms with van der Waals surface area (Å²) in [5, 5.41) is 8.12. The fraction of sp³-hybridized carbons (Fsp3) is 0.312. The summed E-state index contributed by atoms with van der Waals surface area (Å²) < 4.78 is 0. The number of hydrogen-bond donors (Lipinski definition) is 2. The fourth-order valence-electron chi connectivity index (χ4n) is 2.40. The van der Waals surface area contributed by atoms with Gasteiger partial charge in [0.25, 0.3) is 5.91 Å². The van der Waals surface area contributed by atoms with Crippen LogP contribution in [-0.4, -0.2) is 29.4 Å². The van der Waals surface area contributed by atoms with E-state index in [9.17, 15) is 9.59 Å². The molecule has 1 saturated heterocycles. The van der Waals surface area contributed by atoms with Crippen molar-refractivity contribution in [1.29, 1.82) is 0 Å². The van der Waals surface area contributed by atoms with Gasteiger partial charge in [-0.2, -0.15) is 0 Å². The van der Waals surface area contributed by atoms with E-state index >= 15 is 0 Å². The second-order valence-corrected chi connectivity index (χ2v) is 6.07. The first-order chi connectivity index (χ1) is 10.7. The van der Waals surface area contributed by atoms with Gasteiger partial charge in [-0.15, -0.1) is 11.3 Å². The minimum Gasteiger partial charge on any atom is -0.354 e. The van der Waals surface area contributed by atoms with Gasteiger partial charge in [0.2, 0.25) is 5.91 Å². The number of nitrogens with one attached hydrogen (secondary N) is 2. The Labute approximate surface area is 132 Å². The van der Waals surface area contributed by atoms with Crippen LogP contribution in [0.3, 0.4) is 0 Å². The highest BCUT2D eigenvalue weighted by molar-refractivity contribution is 7.13. The molecule has 22 heavy (non-hydrogen) atoms. The molecule has 0 radical (unpaired) electrons. The zero-order valence-electron chi connectivity index (χ0n) is 12.0. The van der Waals surface area contributed by atoms with E-state index < -0.39 is 6.04 Å². The lowest BCUT2D eigenvalue weighted by Crippen LogP contribution is -2.45. The monoisotopic (exact) mass is 315 g/mol. The maximum absolute atomic E-state index is 12.3. The zero-order valence-corrected chi connectivity index (χ0v) is 12.9. The Morgan fingerprint density at radius 3 is 2.91 bits per heavy atom. The molecule has 5 nitrogen and oxygen atoms in total. The second-order valence-electron chi connectivity index (χ2n) is 5.22. The van der Waals surface area contributed by atoms with Gasteiger partial charge in [-0.3, -0.25) is 9.59 Å². The molecule has 1 aliphatic heterocycles. The quantitative estimate of drug-likeness (QED) is 0.912. The van der Waals surface area contributed by atoms with E-state index in [2.05, 4.69) is 15.6 Å². The molecular formula is C16H17N3O2S. The first kappa shape index (κ1) is 14.7. The number of hydrogen-bond acceptors (Lipinski definition) is 4. The van der Waals surface area contributed by atoms with Gasteiger partial charge in [0.15, 0.2) is 0 Å². The van der Waals surface area contributed by atoms with Gasteiger partial charge in [-0.05, 0) is 19.3 Å². The van der Waals surface area contributed by atoms with Crippen molar-refractivity contribution in [2.24, 2.45) is 0 Å². The van der Waals surface area contributed by atoms with Crippen LogP contribution in [0, 0.1) is 0 Å². The summed E-state index contributed by atoms with van der Waals surface area (Å²) in [6.45, 7) is 0.681. The summed E-state index contributed by atoms with van der Waals surface area (Å²) >= 11 is 1.43. The Balaban J connectivity index is 1.70. The number of rotatable bonds is 3. The number of nitrogens with zero attached hydrogens (tertiary/aromatic N) is 1. The number of thiazole rings is 1. The molecule has 114 valence electrons. The zero-order chi connectivity index (χ0) is 15.4. The van der Waals surface area contributed by atoms with Gasteiger partial charge >= 0.3 is 0 Å². The third-order valence-corrected chi connectivity index (χ3v) is 4.49. The predicted molar refractivity (Wildman–Crippen MR) is 85.7 cm³/mol. The van der Waals surface area contributed by atoms with Crippen LogP contribution < -0.4 is 10.6 Å². The van der Waals surface area contributed by atoms with Gasteiger partial charge in [0, 0.05) is 17.5 Å². The van der Waals surface area contributed by atoms with E-state index in [1.807, 2.05) is 30.3 Å². The molecule has 1 aromatic heterocycles. The minimum atomic E-state index is -0.461. The van der Waals surface area contributed by atoms with E-state index in [1.165, 1.54) is 11.3 Å². The topological polar surface area (TPSA) is 71.1 Å². The van der Waals surface area contributed by atoms with Crippen LogP contribution in [0.4, 0.5) is 0 Å². The van der Waals surface area contributed by atoms with Crippen molar-refractivity contribution >= 4 is 23.2 Å². The highest BCUT2D eigenvalue weighted by atomic mass is 32.1. The van der Waals surface area contributed by atoms with E-state index in [-0.39, 0.29) is 11.8 Å². The maximum atomic E-state index is 12.3. The van der Waals surface area contributed by atoms with E-state index in [1.54, 1.807) is 5.38 Å². The molecule has 1 aliphatic rings. The van der Waals surface area contributed by atoms with Crippen LogP contribution in [0.25, 0.3) is 10.6 Å². The summed E-state index contributed by atoms with van der Waals surface area (Å²) in [5.74, 6) is -0.398. The van der Waals surface area contributed by atoms with Gasteiger partial charge in [0.05, 0.1) is 0 Å². The van der Waals surface area contributed by atoms with Crippen molar-refractivity contribution in [3.05, 3.63) is 41.4 Å². The highest BCUT2D eigenvalue weighted by Crippen LogP contribution is 2.23. The Bertz CT molecular complexity index is 669. The summed E-state index contributed by atoms with van der Waals surface area (Å²) in [7, 11) is 0. The molecule has 0 bridgehead atoms. The van der Waals surface area contributed by atoms with Gasteiger partial charge in [0.1, 0.15) is 16.7 Å². The molecule has 2 amide bonds. The Kier molecular flexibility index (Phi) is 4.48. The van der Waals surface area contributed by atoms with Gasteiger partial charge < -0.3 is 10.6 Å². The van der Waals surface area contributed by atoms with E-state index in [0.717, 1.165) is 23.4 Å². The molecule has 2 aromatic rings. The molecule has 1 fully saturated rings. The lowest BCUT2D eigenvalue weighted by atomic mass is 10.1. The Morgan fingerprint density at radius 1 is 1.27 bits per heavy atom. The average Bonchev–Trinajstić information content (AvgIpc) is 2.96. The molecule has 1 atom stereocenters. The van der Waals surface area contributed by atoms with Crippen molar-refractivity contribution in [2.75, 3.05) is 6.54 Å². The molecule has 0 aliphatic carbocycles.